The molecule has 3 aromatic rings. The molecule has 1 amide bonds. The predicted octanol–water partition coefficient (Wildman–Crippen LogP) is 3.29. The van der Waals surface area contributed by atoms with Crippen LogP contribution in [0.5, 0.6) is 0 Å². The van der Waals surface area contributed by atoms with E-state index in [4.69, 9.17) is 17.0 Å². The fourth-order valence-corrected chi connectivity index (χ4v) is 3.23. The topological polar surface area (TPSA) is 83.1 Å². The first-order valence-electron chi connectivity index (χ1n) is 9.43. The number of amides is 1. The molecule has 0 radical (unpaired) electrons. The van der Waals surface area contributed by atoms with Crippen molar-refractivity contribution in [2.24, 2.45) is 0 Å². The molecule has 0 aliphatic carbocycles. The molecule has 0 aliphatic rings. The zero-order valence-corrected chi connectivity index (χ0v) is 17.2. The Labute approximate surface area is 173 Å². The predicted molar refractivity (Wildman–Crippen MR) is 111 cm³/mol. The molecule has 0 spiro atoms. The molecule has 29 heavy (non-hydrogen) atoms. The zero-order valence-electron chi connectivity index (χ0n) is 16.4. The van der Waals surface area contributed by atoms with E-state index in [1.807, 2.05) is 29.2 Å². The van der Waals surface area contributed by atoms with Crippen LogP contribution in [0, 0.1) is 4.77 Å². The molecule has 152 valence electrons. The van der Waals surface area contributed by atoms with Crippen LogP contribution >= 0.6 is 12.2 Å². The Kier molecular flexibility index (Phi) is 6.61. The average Bonchev–Trinajstić information content (AvgIpc) is 3.31. The average molecular weight is 414 g/mol. The maximum Gasteiger partial charge on any atom is 0.340 e. The number of carbonyl (C=O) groups excluding carboxylic acids is 2. The second-order valence-electron chi connectivity index (χ2n) is 6.30. The molecule has 0 atom stereocenters. The number of aromatic nitrogens is 4. The summed E-state index contributed by atoms with van der Waals surface area (Å²) in [4.78, 5) is 24.7. The van der Waals surface area contributed by atoms with Crippen molar-refractivity contribution in [3.8, 4) is 0 Å². The summed E-state index contributed by atoms with van der Waals surface area (Å²) in [6.07, 6.45) is 5.36. The highest BCUT2D eigenvalue weighted by Gasteiger charge is 2.17. The number of benzene rings is 1. The van der Waals surface area contributed by atoms with Crippen molar-refractivity contribution in [2.45, 2.75) is 33.2 Å². The Balaban J connectivity index is 1.83. The Morgan fingerprint density at radius 1 is 1.14 bits per heavy atom. The number of ether oxygens (including phenoxy) is 1. The van der Waals surface area contributed by atoms with E-state index < -0.39 is 5.97 Å². The van der Waals surface area contributed by atoms with Crippen LogP contribution in [-0.2, 0) is 22.5 Å². The fourth-order valence-electron chi connectivity index (χ4n) is 2.92. The first-order valence-corrected chi connectivity index (χ1v) is 9.84. The van der Waals surface area contributed by atoms with Gasteiger partial charge in [-0.2, -0.15) is 5.10 Å². The summed E-state index contributed by atoms with van der Waals surface area (Å²) < 4.78 is 10.6. The van der Waals surface area contributed by atoms with Gasteiger partial charge in [0.2, 0.25) is 10.7 Å². The molecule has 0 aliphatic heterocycles. The summed E-state index contributed by atoms with van der Waals surface area (Å²) in [6.45, 7) is 3.98. The van der Waals surface area contributed by atoms with Crippen LogP contribution < -0.4 is 5.32 Å². The largest absolute Gasteiger partial charge is 0.462 e. The molecule has 1 N–H and O–H groups in total. The molecule has 1 aromatic carbocycles. The van der Waals surface area contributed by atoms with Crippen LogP contribution in [-0.4, -0.2) is 37.6 Å². The first kappa shape index (κ1) is 20.5. The molecule has 3 rings (SSSR count). The van der Waals surface area contributed by atoms with Crippen LogP contribution in [0.3, 0.4) is 0 Å². The van der Waals surface area contributed by atoms with E-state index >= 15 is 0 Å². The number of anilines is 1. The van der Waals surface area contributed by atoms with Crippen molar-refractivity contribution in [1.29, 1.82) is 0 Å². The SMILES string of the molecule is CCCc1nn(CC(=O)Nc2ccccc2C(=O)OCC)c(=S)n1-n1cccc1. The number of para-hydroxylation sites is 1. The standard InChI is InChI=1S/C20H23N5O3S/c1-3-9-17-22-24(20(29)25(17)23-12-7-8-13-23)14-18(26)21-16-11-6-5-10-15(16)19(27)28-4-2/h5-8,10-13H,3-4,9,14H2,1-2H3,(H,21,26). The van der Waals surface area contributed by atoms with Crippen molar-refractivity contribution in [3.63, 3.8) is 0 Å². The fraction of sp³-hybridized carbons (Fsp3) is 0.300. The highest BCUT2D eigenvalue weighted by molar-refractivity contribution is 7.71. The highest BCUT2D eigenvalue weighted by atomic mass is 32.1. The molecule has 0 unspecified atom stereocenters. The quantitative estimate of drug-likeness (QED) is 0.453. The van der Waals surface area contributed by atoms with Gasteiger partial charge < -0.3 is 10.1 Å². The normalized spacial score (nSPS) is 10.7. The molecule has 0 saturated heterocycles. The van der Waals surface area contributed by atoms with Gasteiger partial charge in [-0.3, -0.25) is 9.47 Å². The Bertz CT molecular complexity index is 1050. The number of esters is 1. The lowest BCUT2D eigenvalue weighted by atomic mass is 10.2. The minimum absolute atomic E-state index is 0.0685. The van der Waals surface area contributed by atoms with Crippen molar-refractivity contribution in [3.05, 3.63) is 65.0 Å². The van der Waals surface area contributed by atoms with Crippen LogP contribution in [0.15, 0.2) is 48.8 Å². The summed E-state index contributed by atoms with van der Waals surface area (Å²) in [5.74, 6) is -0.0476. The van der Waals surface area contributed by atoms with E-state index in [-0.39, 0.29) is 19.1 Å². The van der Waals surface area contributed by atoms with E-state index in [2.05, 4.69) is 17.3 Å². The number of nitrogens with one attached hydrogen (secondary N) is 1. The Morgan fingerprint density at radius 2 is 1.86 bits per heavy atom. The van der Waals surface area contributed by atoms with E-state index in [1.54, 1.807) is 35.9 Å². The number of hydrogen-bond acceptors (Lipinski definition) is 5. The lowest BCUT2D eigenvalue weighted by molar-refractivity contribution is -0.116. The van der Waals surface area contributed by atoms with Crippen LogP contribution in [0.2, 0.25) is 0 Å². The van der Waals surface area contributed by atoms with Gasteiger partial charge in [-0.05, 0) is 49.8 Å². The van der Waals surface area contributed by atoms with Crippen LogP contribution in [0.25, 0.3) is 0 Å². The molecule has 0 bridgehead atoms. The van der Waals surface area contributed by atoms with E-state index in [1.165, 1.54) is 4.68 Å². The van der Waals surface area contributed by atoms with Gasteiger partial charge in [-0.1, -0.05) is 19.1 Å². The smallest absolute Gasteiger partial charge is 0.340 e. The third-order valence-corrected chi connectivity index (χ3v) is 4.55. The molecule has 9 heteroatoms. The third kappa shape index (κ3) is 4.62. The molecule has 8 nitrogen and oxygen atoms in total. The van der Waals surface area contributed by atoms with Crippen molar-refractivity contribution < 1.29 is 14.3 Å². The first-order chi connectivity index (χ1) is 14.0. The van der Waals surface area contributed by atoms with E-state index in [9.17, 15) is 9.59 Å². The number of rotatable bonds is 8. The molecule has 0 fully saturated rings. The van der Waals surface area contributed by atoms with Crippen LogP contribution in [0.4, 0.5) is 5.69 Å². The van der Waals surface area contributed by atoms with Gasteiger partial charge in [0.15, 0.2) is 5.82 Å². The second kappa shape index (κ2) is 9.33. The van der Waals surface area contributed by atoms with Gasteiger partial charge in [0.05, 0.1) is 17.9 Å². The number of hydrogen-bond donors (Lipinski definition) is 1. The number of nitrogens with zero attached hydrogens (tertiary/aromatic N) is 4. The maximum atomic E-state index is 12.6. The molecule has 2 heterocycles. The van der Waals surface area contributed by atoms with Gasteiger partial charge in [-0.25, -0.2) is 14.2 Å². The summed E-state index contributed by atoms with van der Waals surface area (Å²) >= 11 is 5.55. The zero-order chi connectivity index (χ0) is 20.8. The summed E-state index contributed by atoms with van der Waals surface area (Å²) in [5, 5.41) is 7.28. The van der Waals surface area contributed by atoms with Gasteiger partial charge in [0.1, 0.15) is 6.54 Å². The Morgan fingerprint density at radius 3 is 2.55 bits per heavy atom. The summed E-state index contributed by atoms with van der Waals surface area (Å²) in [5.41, 5.74) is 0.692. The number of aryl methyl sites for hydroxylation is 1. The summed E-state index contributed by atoms with van der Waals surface area (Å²) in [6, 6.07) is 10.5. The monoisotopic (exact) mass is 413 g/mol. The lowest BCUT2D eigenvalue weighted by Gasteiger charge is -2.10. The van der Waals surface area contributed by atoms with Crippen molar-refractivity contribution in [2.75, 3.05) is 11.9 Å². The number of carbonyl (C=O) groups is 2. The Hall–Kier alpha value is -3.20. The van der Waals surface area contributed by atoms with Crippen LogP contribution in [0.1, 0.15) is 36.5 Å². The van der Waals surface area contributed by atoms with Gasteiger partial charge >= 0.3 is 5.97 Å². The second-order valence-corrected chi connectivity index (χ2v) is 6.66. The van der Waals surface area contributed by atoms with Crippen molar-refractivity contribution in [1.82, 2.24) is 19.1 Å². The molecule has 0 saturated carbocycles. The summed E-state index contributed by atoms with van der Waals surface area (Å²) in [7, 11) is 0. The lowest BCUT2D eigenvalue weighted by Crippen LogP contribution is -2.21. The van der Waals surface area contributed by atoms with Crippen molar-refractivity contribution >= 4 is 29.8 Å². The minimum atomic E-state index is -0.484. The maximum absolute atomic E-state index is 12.6. The molecule has 2 aromatic heterocycles. The molecular weight excluding hydrogens is 390 g/mol. The highest BCUT2D eigenvalue weighted by Crippen LogP contribution is 2.16. The third-order valence-electron chi connectivity index (χ3n) is 4.17. The van der Waals surface area contributed by atoms with Gasteiger partial charge in [0.25, 0.3) is 0 Å². The van der Waals surface area contributed by atoms with E-state index in [0.29, 0.717) is 16.0 Å². The van der Waals surface area contributed by atoms with Gasteiger partial charge in [0, 0.05) is 18.8 Å². The minimum Gasteiger partial charge on any atom is -0.462 e. The molecular formula is C20H23N5O3S. The van der Waals surface area contributed by atoms with E-state index in [0.717, 1.165) is 18.7 Å². The van der Waals surface area contributed by atoms with Gasteiger partial charge in [-0.15, -0.1) is 0 Å².